The largest absolute Gasteiger partial charge is 0.487 e. The van der Waals surface area contributed by atoms with Crippen LogP contribution in [-0.2, 0) is 9.47 Å². The smallest absolute Gasteiger partial charge is 0.161 e. The number of rotatable bonds is 1. The van der Waals surface area contributed by atoms with Crippen molar-refractivity contribution in [2.75, 3.05) is 57.6 Å². The van der Waals surface area contributed by atoms with Gasteiger partial charge in [0.1, 0.15) is 13.2 Å². The third-order valence-corrected chi connectivity index (χ3v) is 3.95. The first-order valence-electron chi connectivity index (χ1n) is 8.73. The minimum Gasteiger partial charge on any atom is -0.487 e. The van der Waals surface area contributed by atoms with Gasteiger partial charge in [0.2, 0.25) is 0 Å². The quantitative estimate of drug-likeness (QED) is 0.796. The van der Waals surface area contributed by atoms with Crippen LogP contribution in [-0.4, -0.2) is 52.7 Å². The number of hydrogen-bond acceptors (Lipinski definition) is 5. The minimum absolute atomic E-state index is 0.502. The summed E-state index contributed by atoms with van der Waals surface area (Å²) in [6.45, 7) is 5.04. The maximum atomic E-state index is 5.77. The van der Waals surface area contributed by atoms with E-state index in [4.69, 9.17) is 18.9 Å². The van der Waals surface area contributed by atoms with Crippen LogP contribution in [0.1, 0.15) is 0 Å². The third-order valence-electron chi connectivity index (χ3n) is 3.95. The molecule has 1 aliphatic heterocycles. The predicted octanol–water partition coefficient (Wildman–Crippen LogP) is 3.00. The molecule has 0 aromatic heterocycles. The van der Waals surface area contributed by atoms with E-state index >= 15 is 0 Å². The van der Waals surface area contributed by atoms with Gasteiger partial charge in [0, 0.05) is 18.8 Å². The monoisotopic (exact) mass is 343 g/mol. The van der Waals surface area contributed by atoms with Crippen molar-refractivity contribution < 1.29 is 18.9 Å². The van der Waals surface area contributed by atoms with Gasteiger partial charge in [0.15, 0.2) is 11.5 Å². The van der Waals surface area contributed by atoms with E-state index in [1.165, 1.54) is 5.69 Å². The molecular formula is C20H25NO4. The van der Waals surface area contributed by atoms with Crippen LogP contribution in [0.2, 0.25) is 0 Å². The molecule has 3 rings (SSSR count). The van der Waals surface area contributed by atoms with E-state index in [0.717, 1.165) is 24.6 Å². The second kappa shape index (κ2) is 9.91. The first kappa shape index (κ1) is 17.6. The molecule has 1 aliphatic rings. The standard InChI is InChI=1S/C20H25NO4/c1-2-6-18(7-3-1)21-10-12-22-14-16-24-19-8-4-5-9-20(19)25-17-15-23-13-11-21/h1-9H,10-17H2. The van der Waals surface area contributed by atoms with E-state index in [2.05, 4.69) is 17.0 Å². The van der Waals surface area contributed by atoms with Gasteiger partial charge in [-0.05, 0) is 24.3 Å². The number of anilines is 1. The summed E-state index contributed by atoms with van der Waals surface area (Å²) >= 11 is 0. The molecule has 134 valence electrons. The van der Waals surface area contributed by atoms with Gasteiger partial charge in [-0.1, -0.05) is 30.3 Å². The highest BCUT2D eigenvalue weighted by molar-refractivity contribution is 5.45. The lowest BCUT2D eigenvalue weighted by Gasteiger charge is -2.24. The van der Waals surface area contributed by atoms with Gasteiger partial charge in [0.25, 0.3) is 0 Å². The lowest BCUT2D eigenvalue weighted by Crippen LogP contribution is -2.31. The molecule has 5 heteroatoms. The van der Waals surface area contributed by atoms with Crippen LogP contribution < -0.4 is 14.4 Å². The Morgan fingerprint density at radius 2 is 1.08 bits per heavy atom. The van der Waals surface area contributed by atoms with E-state index < -0.39 is 0 Å². The number of nitrogens with zero attached hydrogens (tertiary/aromatic N) is 1. The van der Waals surface area contributed by atoms with E-state index in [-0.39, 0.29) is 0 Å². The molecule has 0 bridgehead atoms. The van der Waals surface area contributed by atoms with Crippen LogP contribution in [0, 0.1) is 0 Å². The predicted molar refractivity (Wildman–Crippen MR) is 97.7 cm³/mol. The summed E-state index contributed by atoms with van der Waals surface area (Å²) in [6, 6.07) is 18.0. The van der Waals surface area contributed by atoms with Gasteiger partial charge in [-0.15, -0.1) is 0 Å². The van der Waals surface area contributed by atoms with Crippen molar-refractivity contribution in [2.24, 2.45) is 0 Å². The Balaban J connectivity index is 1.58. The highest BCUT2D eigenvalue weighted by atomic mass is 16.6. The van der Waals surface area contributed by atoms with Crippen molar-refractivity contribution in [2.45, 2.75) is 0 Å². The Hall–Kier alpha value is -2.24. The second-order valence-corrected chi connectivity index (χ2v) is 5.69. The van der Waals surface area contributed by atoms with Crippen LogP contribution in [0.3, 0.4) is 0 Å². The number of para-hydroxylation sites is 3. The molecule has 0 atom stereocenters. The summed E-state index contributed by atoms with van der Waals surface area (Å²) in [7, 11) is 0. The van der Waals surface area contributed by atoms with E-state index in [1.807, 2.05) is 42.5 Å². The Kier molecular flexibility index (Phi) is 6.97. The summed E-state index contributed by atoms with van der Waals surface area (Å²) in [4.78, 5) is 2.27. The first-order chi connectivity index (χ1) is 12.4. The van der Waals surface area contributed by atoms with Crippen LogP contribution >= 0.6 is 0 Å². The number of ether oxygens (including phenoxy) is 4. The van der Waals surface area contributed by atoms with Gasteiger partial charge < -0.3 is 23.8 Å². The Bertz CT molecular complexity index is 585. The van der Waals surface area contributed by atoms with Gasteiger partial charge in [-0.2, -0.15) is 0 Å². The topological polar surface area (TPSA) is 40.2 Å². The summed E-state index contributed by atoms with van der Waals surface area (Å²) in [6.07, 6.45) is 0. The summed E-state index contributed by atoms with van der Waals surface area (Å²) in [5, 5.41) is 0. The molecule has 25 heavy (non-hydrogen) atoms. The van der Waals surface area contributed by atoms with Crippen LogP contribution in [0.25, 0.3) is 0 Å². The molecular weight excluding hydrogens is 318 g/mol. The molecule has 0 saturated heterocycles. The van der Waals surface area contributed by atoms with E-state index in [1.54, 1.807) is 0 Å². The molecule has 0 fully saturated rings. The van der Waals surface area contributed by atoms with Crippen molar-refractivity contribution in [3.8, 4) is 11.5 Å². The van der Waals surface area contributed by atoms with Crippen molar-refractivity contribution in [1.82, 2.24) is 0 Å². The molecule has 0 spiro atoms. The van der Waals surface area contributed by atoms with Crippen molar-refractivity contribution in [1.29, 1.82) is 0 Å². The van der Waals surface area contributed by atoms with E-state index in [0.29, 0.717) is 39.6 Å². The van der Waals surface area contributed by atoms with Crippen molar-refractivity contribution in [3.05, 3.63) is 54.6 Å². The number of hydrogen-bond donors (Lipinski definition) is 0. The third kappa shape index (κ3) is 5.66. The fourth-order valence-corrected chi connectivity index (χ4v) is 2.67. The highest BCUT2D eigenvalue weighted by Crippen LogP contribution is 2.26. The molecule has 0 N–H and O–H groups in total. The zero-order valence-corrected chi connectivity index (χ0v) is 14.4. The molecule has 0 unspecified atom stereocenters. The maximum Gasteiger partial charge on any atom is 0.161 e. The second-order valence-electron chi connectivity index (χ2n) is 5.69. The average molecular weight is 343 g/mol. The summed E-state index contributed by atoms with van der Waals surface area (Å²) in [5.74, 6) is 1.48. The molecule has 5 nitrogen and oxygen atoms in total. The molecule has 2 aromatic carbocycles. The van der Waals surface area contributed by atoms with Crippen molar-refractivity contribution in [3.63, 3.8) is 0 Å². The normalized spacial score (nSPS) is 17.4. The van der Waals surface area contributed by atoms with E-state index in [9.17, 15) is 0 Å². The summed E-state index contributed by atoms with van der Waals surface area (Å²) in [5.41, 5.74) is 1.18. The van der Waals surface area contributed by atoms with Gasteiger partial charge in [-0.25, -0.2) is 0 Å². The zero-order valence-electron chi connectivity index (χ0n) is 14.4. The molecule has 0 aliphatic carbocycles. The van der Waals surface area contributed by atoms with Crippen molar-refractivity contribution >= 4 is 5.69 Å². The highest BCUT2D eigenvalue weighted by Gasteiger charge is 2.08. The average Bonchev–Trinajstić information content (AvgIpc) is 2.67. The molecule has 1 heterocycles. The number of benzene rings is 2. The molecule has 0 radical (unpaired) electrons. The maximum absolute atomic E-state index is 5.77. The molecule has 2 aromatic rings. The molecule has 0 amide bonds. The summed E-state index contributed by atoms with van der Waals surface area (Å²) < 4.78 is 23.0. The Labute approximate surface area is 149 Å². The number of fused-ring (bicyclic) bond motifs is 1. The fraction of sp³-hybridized carbons (Fsp3) is 0.400. The first-order valence-corrected chi connectivity index (χ1v) is 8.73. The van der Waals surface area contributed by atoms with Crippen LogP contribution in [0.4, 0.5) is 5.69 Å². The Morgan fingerprint density at radius 1 is 0.560 bits per heavy atom. The Morgan fingerprint density at radius 3 is 1.64 bits per heavy atom. The van der Waals surface area contributed by atoms with Crippen LogP contribution in [0.15, 0.2) is 54.6 Å². The fourth-order valence-electron chi connectivity index (χ4n) is 2.67. The SMILES string of the molecule is c1ccc(N2CCOCCOc3ccccc3OCCOCC2)cc1. The minimum atomic E-state index is 0.502. The molecule has 0 saturated carbocycles. The lowest BCUT2D eigenvalue weighted by molar-refractivity contribution is 0.103. The van der Waals surface area contributed by atoms with Gasteiger partial charge in [0.05, 0.1) is 26.4 Å². The zero-order chi connectivity index (χ0) is 17.2. The lowest BCUT2D eigenvalue weighted by atomic mass is 10.3. The van der Waals surface area contributed by atoms with Gasteiger partial charge >= 0.3 is 0 Å². The van der Waals surface area contributed by atoms with Gasteiger partial charge in [-0.3, -0.25) is 0 Å². The van der Waals surface area contributed by atoms with Crippen LogP contribution in [0.5, 0.6) is 11.5 Å².